The van der Waals surface area contributed by atoms with Gasteiger partial charge in [0.2, 0.25) is 0 Å². The summed E-state index contributed by atoms with van der Waals surface area (Å²) < 4.78 is 11.1. The summed E-state index contributed by atoms with van der Waals surface area (Å²) in [5, 5.41) is 0.791. The maximum absolute atomic E-state index is 5.98. The van der Waals surface area contributed by atoms with Gasteiger partial charge in [0.1, 0.15) is 5.75 Å². The second-order valence-electron chi connectivity index (χ2n) is 4.92. The molecule has 1 aliphatic heterocycles. The first kappa shape index (κ1) is 14.6. The second-order valence-corrected chi connectivity index (χ2v) is 5.33. The summed E-state index contributed by atoms with van der Waals surface area (Å²) in [7, 11) is 0. The Morgan fingerprint density at radius 3 is 2.79 bits per heavy atom. The lowest BCUT2D eigenvalue weighted by molar-refractivity contribution is 0.0368. The van der Waals surface area contributed by atoms with E-state index in [1.807, 2.05) is 25.1 Å². The number of rotatable bonds is 6. The SMILES string of the molecule is Cc1cc(OCCCCN2CCOCC2)ccc1Cl. The van der Waals surface area contributed by atoms with E-state index in [4.69, 9.17) is 21.1 Å². The van der Waals surface area contributed by atoms with Crippen LogP contribution < -0.4 is 4.74 Å². The molecular weight excluding hydrogens is 262 g/mol. The number of morpholine rings is 1. The molecule has 1 heterocycles. The first-order valence-corrected chi connectivity index (χ1v) is 7.32. The third-order valence-electron chi connectivity index (χ3n) is 3.37. The molecule has 106 valence electrons. The zero-order valence-electron chi connectivity index (χ0n) is 11.5. The van der Waals surface area contributed by atoms with Crippen molar-refractivity contribution >= 4 is 11.6 Å². The van der Waals surface area contributed by atoms with Crippen molar-refractivity contribution in [1.29, 1.82) is 0 Å². The lowest BCUT2D eigenvalue weighted by Crippen LogP contribution is -2.36. The smallest absolute Gasteiger partial charge is 0.119 e. The van der Waals surface area contributed by atoms with Crippen LogP contribution in [0, 0.1) is 6.92 Å². The molecule has 1 aromatic rings. The maximum atomic E-state index is 5.98. The quantitative estimate of drug-likeness (QED) is 0.749. The van der Waals surface area contributed by atoms with Crippen LogP contribution in [-0.2, 0) is 4.74 Å². The number of benzene rings is 1. The topological polar surface area (TPSA) is 21.7 Å². The fourth-order valence-corrected chi connectivity index (χ4v) is 2.28. The van der Waals surface area contributed by atoms with Gasteiger partial charge in [-0.1, -0.05) is 11.6 Å². The van der Waals surface area contributed by atoms with Crippen LogP contribution in [0.25, 0.3) is 0 Å². The highest BCUT2D eigenvalue weighted by atomic mass is 35.5. The third-order valence-corrected chi connectivity index (χ3v) is 3.79. The molecule has 0 bridgehead atoms. The predicted molar refractivity (Wildman–Crippen MR) is 78.2 cm³/mol. The van der Waals surface area contributed by atoms with Gasteiger partial charge < -0.3 is 9.47 Å². The number of unbranched alkanes of at least 4 members (excludes halogenated alkanes) is 1. The Labute approximate surface area is 120 Å². The van der Waals surface area contributed by atoms with Crippen LogP contribution in [0.2, 0.25) is 5.02 Å². The number of aryl methyl sites for hydroxylation is 1. The predicted octanol–water partition coefficient (Wildman–Crippen LogP) is 3.14. The Hall–Kier alpha value is -0.770. The Morgan fingerprint density at radius 2 is 2.05 bits per heavy atom. The van der Waals surface area contributed by atoms with Crippen molar-refractivity contribution in [2.45, 2.75) is 19.8 Å². The van der Waals surface area contributed by atoms with E-state index in [-0.39, 0.29) is 0 Å². The van der Waals surface area contributed by atoms with Crippen molar-refractivity contribution in [3.63, 3.8) is 0 Å². The minimum atomic E-state index is 0.769. The van der Waals surface area contributed by atoms with Crippen LogP contribution >= 0.6 is 11.6 Å². The van der Waals surface area contributed by atoms with Gasteiger partial charge in [0.05, 0.1) is 19.8 Å². The molecule has 0 unspecified atom stereocenters. The molecule has 3 nitrogen and oxygen atoms in total. The van der Waals surface area contributed by atoms with Gasteiger partial charge in [-0.15, -0.1) is 0 Å². The molecule has 2 rings (SSSR count). The highest BCUT2D eigenvalue weighted by Gasteiger charge is 2.09. The van der Waals surface area contributed by atoms with Crippen molar-refractivity contribution in [2.75, 3.05) is 39.5 Å². The first-order valence-electron chi connectivity index (χ1n) is 6.95. The molecule has 0 aromatic heterocycles. The van der Waals surface area contributed by atoms with E-state index in [0.29, 0.717) is 0 Å². The summed E-state index contributed by atoms with van der Waals surface area (Å²) in [5.74, 6) is 0.910. The molecule has 1 aromatic carbocycles. The minimum absolute atomic E-state index is 0.769. The monoisotopic (exact) mass is 283 g/mol. The molecule has 19 heavy (non-hydrogen) atoms. The number of nitrogens with zero attached hydrogens (tertiary/aromatic N) is 1. The van der Waals surface area contributed by atoms with Crippen LogP contribution in [0.15, 0.2) is 18.2 Å². The highest BCUT2D eigenvalue weighted by Crippen LogP contribution is 2.21. The molecule has 4 heteroatoms. The van der Waals surface area contributed by atoms with Crippen LogP contribution in [0.3, 0.4) is 0 Å². The van der Waals surface area contributed by atoms with Crippen molar-refractivity contribution in [3.8, 4) is 5.75 Å². The van der Waals surface area contributed by atoms with E-state index in [9.17, 15) is 0 Å². The van der Waals surface area contributed by atoms with Crippen molar-refractivity contribution in [2.24, 2.45) is 0 Å². The van der Waals surface area contributed by atoms with E-state index in [2.05, 4.69) is 4.90 Å². The molecule has 0 amide bonds. The van der Waals surface area contributed by atoms with Gasteiger partial charge in [-0.05, 0) is 50.1 Å². The van der Waals surface area contributed by atoms with Crippen LogP contribution in [0.1, 0.15) is 18.4 Å². The lowest BCUT2D eigenvalue weighted by Gasteiger charge is -2.26. The number of hydrogen-bond donors (Lipinski definition) is 0. The number of ether oxygens (including phenoxy) is 2. The van der Waals surface area contributed by atoms with E-state index in [1.165, 1.54) is 6.42 Å². The fourth-order valence-electron chi connectivity index (χ4n) is 2.16. The highest BCUT2D eigenvalue weighted by molar-refractivity contribution is 6.31. The Kier molecular flexibility index (Phi) is 5.95. The molecule has 1 aliphatic rings. The molecule has 1 fully saturated rings. The molecule has 0 radical (unpaired) electrons. The van der Waals surface area contributed by atoms with E-state index in [0.717, 1.165) is 62.2 Å². The van der Waals surface area contributed by atoms with Gasteiger partial charge >= 0.3 is 0 Å². The Bertz CT molecular complexity index is 392. The van der Waals surface area contributed by atoms with Gasteiger partial charge in [0.15, 0.2) is 0 Å². The second kappa shape index (κ2) is 7.73. The van der Waals surface area contributed by atoms with Crippen LogP contribution in [-0.4, -0.2) is 44.4 Å². The zero-order chi connectivity index (χ0) is 13.5. The summed E-state index contributed by atoms with van der Waals surface area (Å²) in [4.78, 5) is 2.45. The zero-order valence-corrected chi connectivity index (χ0v) is 12.3. The van der Waals surface area contributed by atoms with Crippen molar-refractivity contribution in [3.05, 3.63) is 28.8 Å². The normalized spacial score (nSPS) is 16.5. The molecule has 0 aliphatic carbocycles. The van der Waals surface area contributed by atoms with E-state index in [1.54, 1.807) is 0 Å². The third kappa shape index (κ3) is 5.01. The standard InChI is InChI=1S/C15H22ClNO2/c1-13-12-14(4-5-15(13)16)19-9-3-2-6-17-7-10-18-11-8-17/h4-5,12H,2-3,6-11H2,1H3. The Balaban J connectivity index is 1.59. The summed E-state index contributed by atoms with van der Waals surface area (Å²) in [6.45, 7) is 7.79. The minimum Gasteiger partial charge on any atom is -0.494 e. The molecule has 0 saturated carbocycles. The van der Waals surface area contributed by atoms with Crippen LogP contribution in [0.4, 0.5) is 0 Å². The average Bonchev–Trinajstić information content (AvgIpc) is 2.43. The van der Waals surface area contributed by atoms with Gasteiger partial charge in [-0.25, -0.2) is 0 Å². The van der Waals surface area contributed by atoms with E-state index < -0.39 is 0 Å². The molecule has 1 saturated heterocycles. The maximum Gasteiger partial charge on any atom is 0.119 e. The van der Waals surface area contributed by atoms with Crippen molar-refractivity contribution < 1.29 is 9.47 Å². The van der Waals surface area contributed by atoms with E-state index >= 15 is 0 Å². The summed E-state index contributed by atoms with van der Waals surface area (Å²) in [5.41, 5.74) is 1.06. The molecular formula is C15H22ClNO2. The lowest BCUT2D eigenvalue weighted by atomic mass is 10.2. The molecule has 0 spiro atoms. The van der Waals surface area contributed by atoms with Crippen molar-refractivity contribution in [1.82, 2.24) is 4.90 Å². The summed E-state index contributed by atoms with van der Waals surface area (Å²) >= 11 is 5.98. The molecule has 0 N–H and O–H groups in total. The van der Waals surface area contributed by atoms with Gasteiger partial charge in [0, 0.05) is 18.1 Å². The summed E-state index contributed by atoms with van der Waals surface area (Å²) in [6.07, 6.45) is 2.26. The first-order chi connectivity index (χ1) is 9.25. The van der Waals surface area contributed by atoms with Gasteiger partial charge in [-0.3, -0.25) is 4.90 Å². The Morgan fingerprint density at radius 1 is 1.26 bits per heavy atom. The number of halogens is 1. The molecule has 0 atom stereocenters. The van der Waals surface area contributed by atoms with Gasteiger partial charge in [-0.2, -0.15) is 0 Å². The summed E-state index contributed by atoms with van der Waals surface area (Å²) in [6, 6.07) is 5.81. The number of hydrogen-bond acceptors (Lipinski definition) is 3. The largest absolute Gasteiger partial charge is 0.494 e. The fraction of sp³-hybridized carbons (Fsp3) is 0.600. The average molecular weight is 284 g/mol. The van der Waals surface area contributed by atoms with Crippen LogP contribution in [0.5, 0.6) is 5.75 Å². The van der Waals surface area contributed by atoms with Gasteiger partial charge in [0.25, 0.3) is 0 Å².